The van der Waals surface area contributed by atoms with E-state index < -0.39 is 53.4 Å². The molecule has 39 heavy (non-hydrogen) atoms. The van der Waals surface area contributed by atoms with Gasteiger partial charge in [0.2, 0.25) is 17.7 Å². The lowest BCUT2D eigenvalue weighted by Gasteiger charge is -2.35. The number of anilines is 2. The Kier molecular flexibility index (Phi) is 5.64. The number of halogens is 3. The van der Waals surface area contributed by atoms with Crippen molar-refractivity contribution in [2.75, 3.05) is 10.2 Å². The Morgan fingerprint density at radius 2 is 1.62 bits per heavy atom. The maximum Gasteiger partial charge on any atom is 0.416 e. The third-order valence-electron chi connectivity index (χ3n) is 7.94. The molecule has 3 amide bonds. The van der Waals surface area contributed by atoms with E-state index in [0.29, 0.717) is 5.69 Å². The van der Waals surface area contributed by atoms with Gasteiger partial charge in [-0.1, -0.05) is 36.4 Å². The van der Waals surface area contributed by atoms with Crippen LogP contribution in [0.5, 0.6) is 0 Å². The van der Waals surface area contributed by atoms with Crippen LogP contribution in [-0.2, 0) is 20.6 Å². The number of rotatable bonds is 3. The van der Waals surface area contributed by atoms with E-state index >= 15 is 0 Å². The van der Waals surface area contributed by atoms with Crippen LogP contribution in [0.2, 0.25) is 0 Å². The molecule has 3 aliphatic heterocycles. The fraction of sp³-hybridized carbons (Fsp3) is 0.233. The molecule has 0 aliphatic carbocycles. The van der Waals surface area contributed by atoms with Gasteiger partial charge in [-0.3, -0.25) is 14.4 Å². The minimum absolute atomic E-state index is 0.0426. The number of hydrogen-bond donors (Lipinski definition) is 1. The second-order valence-electron chi connectivity index (χ2n) is 10.2. The van der Waals surface area contributed by atoms with Crippen LogP contribution in [0.1, 0.15) is 33.9 Å². The highest BCUT2D eigenvalue weighted by Gasteiger charge is 2.64. The maximum atomic E-state index is 13.9. The summed E-state index contributed by atoms with van der Waals surface area (Å²) in [6, 6.07) is 15.5. The zero-order valence-electron chi connectivity index (χ0n) is 21.1. The standard InChI is InChI=1S/C30H24F3N3O3/c1-16-10-11-21(14-17(16)2)36-28(38)23-24(29(36)39)26(35-13-12-18-6-3-4-9-22(18)25(23)35)27(37)34-20-8-5-7-19(15-20)30(31,32)33/h3-15,23-26H,1-2H3,(H,34,37)/t23-,24+,25+,26+/m0/s1. The number of imide groups is 1. The predicted octanol–water partition coefficient (Wildman–Crippen LogP) is 5.48. The Morgan fingerprint density at radius 3 is 2.36 bits per heavy atom. The second-order valence-corrected chi connectivity index (χ2v) is 10.2. The maximum absolute atomic E-state index is 13.9. The molecule has 3 aromatic rings. The summed E-state index contributed by atoms with van der Waals surface area (Å²) in [4.78, 5) is 44.5. The van der Waals surface area contributed by atoms with E-state index in [0.717, 1.165) is 39.3 Å². The van der Waals surface area contributed by atoms with Crippen molar-refractivity contribution in [2.45, 2.75) is 32.1 Å². The van der Waals surface area contributed by atoms with E-state index in [1.54, 1.807) is 23.2 Å². The molecular formula is C30H24F3N3O3. The Hall–Kier alpha value is -4.40. The van der Waals surface area contributed by atoms with E-state index in [1.807, 2.05) is 50.3 Å². The number of amides is 3. The molecule has 2 fully saturated rings. The normalized spacial score (nSPS) is 23.5. The van der Waals surface area contributed by atoms with Gasteiger partial charge in [0, 0.05) is 11.9 Å². The summed E-state index contributed by atoms with van der Waals surface area (Å²) in [5.74, 6) is -3.42. The van der Waals surface area contributed by atoms with Gasteiger partial charge in [0.1, 0.15) is 6.04 Å². The van der Waals surface area contributed by atoms with Gasteiger partial charge >= 0.3 is 6.18 Å². The number of carbonyl (C=O) groups is 3. The van der Waals surface area contributed by atoms with Crippen LogP contribution in [0, 0.1) is 25.7 Å². The van der Waals surface area contributed by atoms with Crippen molar-refractivity contribution in [3.63, 3.8) is 0 Å². The second kappa shape index (κ2) is 8.83. The molecule has 0 unspecified atom stereocenters. The minimum Gasteiger partial charge on any atom is -0.357 e. The third kappa shape index (κ3) is 3.91. The summed E-state index contributed by atoms with van der Waals surface area (Å²) in [6.45, 7) is 3.82. The summed E-state index contributed by atoms with van der Waals surface area (Å²) in [6.07, 6.45) is -1.07. The number of fused-ring (bicyclic) bond motifs is 5. The van der Waals surface area contributed by atoms with Crippen molar-refractivity contribution in [2.24, 2.45) is 11.8 Å². The molecule has 0 bridgehead atoms. The quantitative estimate of drug-likeness (QED) is 0.455. The number of aryl methyl sites for hydroxylation is 2. The Bertz CT molecular complexity index is 1560. The van der Waals surface area contributed by atoms with E-state index in [9.17, 15) is 27.6 Å². The zero-order valence-corrected chi connectivity index (χ0v) is 21.1. The number of alkyl halides is 3. The first kappa shape index (κ1) is 24.9. The van der Waals surface area contributed by atoms with Crippen LogP contribution in [0.4, 0.5) is 24.5 Å². The Morgan fingerprint density at radius 1 is 0.872 bits per heavy atom. The first-order valence-corrected chi connectivity index (χ1v) is 12.5. The fourth-order valence-corrected chi connectivity index (χ4v) is 5.97. The summed E-state index contributed by atoms with van der Waals surface area (Å²) >= 11 is 0. The molecule has 2 saturated heterocycles. The van der Waals surface area contributed by atoms with Crippen LogP contribution in [0.25, 0.3) is 6.08 Å². The van der Waals surface area contributed by atoms with Gasteiger partial charge in [0.25, 0.3) is 0 Å². The molecule has 0 aromatic heterocycles. The Labute approximate surface area is 222 Å². The zero-order chi connectivity index (χ0) is 27.6. The van der Waals surface area contributed by atoms with E-state index in [2.05, 4.69) is 5.32 Å². The van der Waals surface area contributed by atoms with Gasteiger partial charge in [0.15, 0.2) is 0 Å². The first-order chi connectivity index (χ1) is 18.6. The van der Waals surface area contributed by atoms with Crippen molar-refractivity contribution in [3.8, 4) is 0 Å². The number of nitrogens with zero attached hydrogens (tertiary/aromatic N) is 2. The van der Waals surface area contributed by atoms with Gasteiger partial charge < -0.3 is 10.2 Å². The molecule has 0 radical (unpaired) electrons. The smallest absolute Gasteiger partial charge is 0.357 e. The molecule has 3 heterocycles. The summed E-state index contributed by atoms with van der Waals surface area (Å²) < 4.78 is 39.8. The molecule has 0 saturated carbocycles. The van der Waals surface area contributed by atoms with E-state index in [-0.39, 0.29) is 5.69 Å². The monoisotopic (exact) mass is 531 g/mol. The fourth-order valence-electron chi connectivity index (χ4n) is 5.97. The summed E-state index contributed by atoms with van der Waals surface area (Å²) in [5.41, 5.74) is 3.10. The van der Waals surface area contributed by atoms with Gasteiger partial charge in [0.05, 0.1) is 29.1 Å². The number of hydrogen-bond acceptors (Lipinski definition) is 4. The van der Waals surface area contributed by atoms with Crippen molar-refractivity contribution >= 4 is 35.2 Å². The molecule has 198 valence electrons. The number of nitrogens with one attached hydrogen (secondary N) is 1. The average Bonchev–Trinajstić information content (AvgIpc) is 3.38. The summed E-state index contributed by atoms with van der Waals surface area (Å²) in [5, 5.41) is 2.58. The number of carbonyl (C=O) groups excluding carboxylic acids is 3. The van der Waals surface area contributed by atoms with Crippen LogP contribution in [0.15, 0.2) is 72.9 Å². The largest absolute Gasteiger partial charge is 0.416 e. The van der Waals surface area contributed by atoms with Crippen molar-refractivity contribution in [1.82, 2.24) is 4.90 Å². The van der Waals surface area contributed by atoms with Gasteiger partial charge in [-0.15, -0.1) is 0 Å². The van der Waals surface area contributed by atoms with Crippen molar-refractivity contribution < 1.29 is 27.6 Å². The molecule has 3 aliphatic rings. The highest BCUT2D eigenvalue weighted by molar-refractivity contribution is 6.24. The van der Waals surface area contributed by atoms with Crippen LogP contribution < -0.4 is 10.2 Å². The lowest BCUT2D eigenvalue weighted by atomic mass is 9.84. The van der Waals surface area contributed by atoms with E-state index in [4.69, 9.17) is 0 Å². The van der Waals surface area contributed by atoms with Gasteiger partial charge in [-0.2, -0.15) is 13.2 Å². The van der Waals surface area contributed by atoms with Gasteiger partial charge in [-0.05, 0) is 72.5 Å². The lowest BCUT2D eigenvalue weighted by Crippen LogP contribution is -2.46. The van der Waals surface area contributed by atoms with Crippen molar-refractivity contribution in [1.29, 1.82) is 0 Å². The molecule has 4 atom stereocenters. The first-order valence-electron chi connectivity index (χ1n) is 12.5. The molecule has 0 spiro atoms. The molecular weight excluding hydrogens is 507 g/mol. The topological polar surface area (TPSA) is 69.7 Å². The Balaban J connectivity index is 1.42. The van der Waals surface area contributed by atoms with E-state index in [1.165, 1.54) is 12.1 Å². The van der Waals surface area contributed by atoms with Crippen molar-refractivity contribution in [3.05, 3.63) is 101 Å². The molecule has 3 aromatic carbocycles. The molecule has 6 nitrogen and oxygen atoms in total. The third-order valence-corrected chi connectivity index (χ3v) is 7.94. The number of benzene rings is 3. The molecule has 9 heteroatoms. The highest BCUT2D eigenvalue weighted by Crippen LogP contribution is 2.53. The molecule has 6 rings (SSSR count). The summed E-state index contributed by atoms with van der Waals surface area (Å²) in [7, 11) is 0. The van der Waals surface area contributed by atoms with Crippen LogP contribution in [-0.4, -0.2) is 28.7 Å². The minimum atomic E-state index is -4.58. The van der Waals surface area contributed by atoms with Crippen LogP contribution in [0.3, 0.4) is 0 Å². The molecule has 1 N–H and O–H groups in total. The average molecular weight is 532 g/mol. The van der Waals surface area contributed by atoms with Crippen LogP contribution >= 0.6 is 0 Å². The lowest BCUT2D eigenvalue weighted by molar-refractivity contribution is -0.137. The highest BCUT2D eigenvalue weighted by atomic mass is 19.4. The predicted molar refractivity (Wildman–Crippen MR) is 139 cm³/mol. The van der Waals surface area contributed by atoms with Gasteiger partial charge in [-0.25, -0.2) is 4.90 Å². The SMILES string of the molecule is Cc1ccc(N2C(=O)[C@@H]3[C@H](C2=O)[C@H]2c4ccccc4C=CN2[C@H]3C(=O)Nc2cccc(C(F)(F)F)c2)cc1C.